The van der Waals surface area contributed by atoms with Gasteiger partial charge in [0, 0.05) is 29.5 Å². The van der Waals surface area contributed by atoms with Crippen LogP contribution in [0.4, 0.5) is 11.4 Å². The Morgan fingerprint density at radius 3 is 2.38 bits per heavy atom. The number of para-hydroxylation sites is 1. The molecule has 0 saturated carbocycles. The zero-order valence-electron chi connectivity index (χ0n) is 13.1. The number of amides is 1. The maximum Gasteiger partial charge on any atom is 0.255 e. The van der Waals surface area contributed by atoms with Crippen molar-refractivity contribution < 1.29 is 9.90 Å². The molecule has 120 valence electrons. The quantitative estimate of drug-likeness (QED) is 0.659. The van der Waals surface area contributed by atoms with Gasteiger partial charge in [0.1, 0.15) is 5.75 Å². The van der Waals surface area contributed by atoms with Crippen molar-refractivity contribution in [1.29, 1.82) is 0 Å². The van der Waals surface area contributed by atoms with Gasteiger partial charge in [0.25, 0.3) is 5.91 Å². The third-order valence-corrected chi connectivity index (χ3v) is 3.56. The van der Waals surface area contributed by atoms with E-state index in [1.54, 1.807) is 24.3 Å². The van der Waals surface area contributed by atoms with E-state index in [1.165, 1.54) is 6.07 Å². The molecule has 0 bridgehead atoms. The minimum Gasteiger partial charge on any atom is -0.508 e. The summed E-state index contributed by atoms with van der Waals surface area (Å²) in [6, 6.07) is 23.9. The molecule has 24 heavy (non-hydrogen) atoms. The third kappa shape index (κ3) is 4.14. The first-order valence-electron chi connectivity index (χ1n) is 7.69. The fraction of sp³-hybridized carbons (Fsp3) is 0.0500. The van der Waals surface area contributed by atoms with E-state index in [-0.39, 0.29) is 11.7 Å². The number of carbonyl (C=O) groups is 1. The molecule has 0 heterocycles. The van der Waals surface area contributed by atoms with Gasteiger partial charge in [0.2, 0.25) is 0 Å². The van der Waals surface area contributed by atoms with Crippen molar-refractivity contribution in [2.75, 3.05) is 10.6 Å². The van der Waals surface area contributed by atoms with Gasteiger partial charge in [-0.3, -0.25) is 4.79 Å². The summed E-state index contributed by atoms with van der Waals surface area (Å²) in [6.07, 6.45) is 0. The number of anilines is 2. The van der Waals surface area contributed by atoms with E-state index in [0.29, 0.717) is 17.8 Å². The third-order valence-electron chi connectivity index (χ3n) is 3.56. The van der Waals surface area contributed by atoms with Crippen LogP contribution in [-0.4, -0.2) is 11.0 Å². The largest absolute Gasteiger partial charge is 0.508 e. The van der Waals surface area contributed by atoms with Gasteiger partial charge >= 0.3 is 0 Å². The van der Waals surface area contributed by atoms with E-state index in [9.17, 15) is 9.90 Å². The smallest absolute Gasteiger partial charge is 0.255 e. The van der Waals surface area contributed by atoms with Crippen LogP contribution in [0, 0.1) is 0 Å². The molecule has 0 aliphatic carbocycles. The van der Waals surface area contributed by atoms with E-state index in [1.807, 2.05) is 48.5 Å². The minimum atomic E-state index is -0.206. The van der Waals surface area contributed by atoms with E-state index < -0.39 is 0 Å². The Hall–Kier alpha value is -3.27. The lowest BCUT2D eigenvalue weighted by Crippen LogP contribution is -2.12. The highest BCUT2D eigenvalue weighted by molar-refractivity contribution is 6.04. The second kappa shape index (κ2) is 7.33. The summed E-state index contributed by atoms with van der Waals surface area (Å²) in [5.74, 6) is -0.0872. The highest BCUT2D eigenvalue weighted by atomic mass is 16.3. The van der Waals surface area contributed by atoms with Crippen molar-refractivity contribution in [1.82, 2.24) is 0 Å². The molecule has 0 aliphatic rings. The zero-order valence-corrected chi connectivity index (χ0v) is 13.1. The van der Waals surface area contributed by atoms with Crippen molar-refractivity contribution >= 4 is 17.3 Å². The van der Waals surface area contributed by atoms with Crippen LogP contribution in [0.15, 0.2) is 78.9 Å². The van der Waals surface area contributed by atoms with Crippen molar-refractivity contribution in [2.24, 2.45) is 0 Å². The van der Waals surface area contributed by atoms with Crippen LogP contribution in [0.2, 0.25) is 0 Å². The molecule has 3 aromatic rings. The molecule has 0 atom stereocenters. The molecular formula is C20H18N2O2. The number of rotatable bonds is 5. The molecule has 0 aromatic heterocycles. The van der Waals surface area contributed by atoms with Gasteiger partial charge in [0.05, 0.1) is 0 Å². The highest BCUT2D eigenvalue weighted by Gasteiger charge is 2.07. The predicted molar refractivity (Wildman–Crippen MR) is 96.3 cm³/mol. The lowest BCUT2D eigenvalue weighted by atomic mass is 10.1. The van der Waals surface area contributed by atoms with Crippen LogP contribution >= 0.6 is 0 Å². The van der Waals surface area contributed by atoms with E-state index in [0.717, 1.165) is 11.3 Å². The van der Waals surface area contributed by atoms with Crippen molar-refractivity contribution in [3.63, 3.8) is 0 Å². The lowest BCUT2D eigenvalue weighted by molar-refractivity contribution is 0.102. The number of phenolic OH excluding ortho intramolecular Hbond substituents is 1. The van der Waals surface area contributed by atoms with Gasteiger partial charge in [-0.15, -0.1) is 0 Å². The fourth-order valence-corrected chi connectivity index (χ4v) is 2.37. The van der Waals surface area contributed by atoms with Gasteiger partial charge < -0.3 is 15.7 Å². The Bertz CT molecular complexity index is 832. The topological polar surface area (TPSA) is 61.4 Å². The van der Waals surface area contributed by atoms with Crippen LogP contribution < -0.4 is 10.6 Å². The summed E-state index contributed by atoms with van der Waals surface area (Å²) in [5, 5.41) is 15.6. The summed E-state index contributed by atoms with van der Waals surface area (Å²) in [7, 11) is 0. The van der Waals surface area contributed by atoms with E-state index >= 15 is 0 Å². The molecule has 3 rings (SSSR count). The Morgan fingerprint density at radius 1 is 0.833 bits per heavy atom. The first-order valence-corrected chi connectivity index (χ1v) is 7.69. The number of hydrogen-bond donors (Lipinski definition) is 3. The zero-order chi connectivity index (χ0) is 16.8. The van der Waals surface area contributed by atoms with Crippen LogP contribution in [0.25, 0.3) is 0 Å². The lowest BCUT2D eigenvalue weighted by Gasteiger charge is -2.09. The van der Waals surface area contributed by atoms with Crippen molar-refractivity contribution in [2.45, 2.75) is 6.54 Å². The van der Waals surface area contributed by atoms with Crippen molar-refractivity contribution in [3.05, 3.63) is 90.0 Å². The predicted octanol–water partition coefficient (Wildman–Crippen LogP) is 4.26. The summed E-state index contributed by atoms with van der Waals surface area (Å²) in [6.45, 7) is 0.636. The average Bonchev–Trinajstić information content (AvgIpc) is 2.61. The maximum atomic E-state index is 12.3. The Balaban J connectivity index is 1.67. The standard InChI is InChI=1S/C20H18N2O2/c23-19-11-5-10-18(13-19)22-20(24)16-7-4-6-15(12-16)14-21-17-8-2-1-3-9-17/h1-13,21,23H,14H2,(H,22,24). The maximum absolute atomic E-state index is 12.3. The second-order valence-corrected chi connectivity index (χ2v) is 5.42. The van der Waals surface area contributed by atoms with Gasteiger partial charge in [-0.2, -0.15) is 0 Å². The average molecular weight is 318 g/mol. The Kier molecular flexibility index (Phi) is 4.77. The molecule has 0 spiro atoms. The van der Waals surface area contributed by atoms with Crippen LogP contribution in [-0.2, 0) is 6.54 Å². The molecule has 3 aromatic carbocycles. The Morgan fingerprint density at radius 2 is 1.58 bits per heavy atom. The molecule has 0 radical (unpaired) electrons. The van der Waals surface area contributed by atoms with Crippen molar-refractivity contribution in [3.8, 4) is 5.75 Å². The van der Waals surface area contributed by atoms with Crippen LogP contribution in [0.5, 0.6) is 5.75 Å². The first-order chi connectivity index (χ1) is 11.7. The summed E-state index contributed by atoms with van der Waals surface area (Å²) in [5.41, 5.74) is 3.19. The molecule has 4 nitrogen and oxygen atoms in total. The molecule has 0 unspecified atom stereocenters. The fourth-order valence-electron chi connectivity index (χ4n) is 2.37. The monoisotopic (exact) mass is 318 g/mol. The first kappa shape index (κ1) is 15.6. The SMILES string of the molecule is O=C(Nc1cccc(O)c1)c1cccc(CNc2ccccc2)c1. The normalized spacial score (nSPS) is 10.2. The molecular weight excluding hydrogens is 300 g/mol. The number of carbonyl (C=O) groups excluding carboxylic acids is 1. The summed E-state index contributed by atoms with van der Waals surface area (Å²) >= 11 is 0. The number of aromatic hydroxyl groups is 1. The van der Waals surface area contributed by atoms with Gasteiger partial charge in [0.15, 0.2) is 0 Å². The number of hydrogen-bond acceptors (Lipinski definition) is 3. The van der Waals surface area contributed by atoms with Crippen LogP contribution in [0.3, 0.4) is 0 Å². The van der Waals surface area contributed by atoms with Crippen LogP contribution in [0.1, 0.15) is 15.9 Å². The molecule has 4 heteroatoms. The van der Waals surface area contributed by atoms with Gasteiger partial charge in [-0.05, 0) is 42.0 Å². The van der Waals surface area contributed by atoms with Gasteiger partial charge in [-0.25, -0.2) is 0 Å². The van der Waals surface area contributed by atoms with E-state index in [4.69, 9.17) is 0 Å². The van der Waals surface area contributed by atoms with Gasteiger partial charge in [-0.1, -0.05) is 36.4 Å². The highest BCUT2D eigenvalue weighted by Crippen LogP contribution is 2.17. The molecule has 3 N–H and O–H groups in total. The van der Waals surface area contributed by atoms with E-state index in [2.05, 4.69) is 10.6 Å². The Labute approximate surface area is 140 Å². The molecule has 1 amide bonds. The molecule has 0 fully saturated rings. The molecule has 0 saturated heterocycles. The molecule has 0 aliphatic heterocycles. The number of phenols is 1. The minimum absolute atomic E-state index is 0.119. The number of benzene rings is 3. The number of nitrogens with one attached hydrogen (secondary N) is 2. The summed E-state index contributed by atoms with van der Waals surface area (Å²) < 4.78 is 0. The second-order valence-electron chi connectivity index (χ2n) is 5.42. The summed E-state index contributed by atoms with van der Waals surface area (Å²) in [4.78, 5) is 12.3.